The number of alkyl halides is 2. The topological polar surface area (TPSA) is 72.9 Å². The van der Waals surface area contributed by atoms with Gasteiger partial charge in [-0.2, -0.15) is 8.78 Å². The van der Waals surface area contributed by atoms with Gasteiger partial charge in [0.1, 0.15) is 5.52 Å². The summed E-state index contributed by atoms with van der Waals surface area (Å²) in [6.07, 6.45) is 3.06. The van der Waals surface area contributed by atoms with Crippen molar-refractivity contribution >= 4 is 22.6 Å². The average molecular weight is 407 g/mol. The highest BCUT2D eigenvalue weighted by Gasteiger charge is 2.41. The van der Waals surface area contributed by atoms with Crippen LogP contribution in [-0.4, -0.2) is 54.6 Å². The molecule has 1 aromatic carbocycles. The third-order valence-electron chi connectivity index (χ3n) is 5.57. The predicted octanol–water partition coefficient (Wildman–Crippen LogP) is 3.84. The Kier molecular flexibility index (Phi) is 5.51. The van der Waals surface area contributed by atoms with Crippen molar-refractivity contribution in [1.82, 2.24) is 9.88 Å². The lowest BCUT2D eigenvalue weighted by molar-refractivity contribution is -0.189. The number of carbonyl (C=O) groups is 1. The lowest BCUT2D eigenvalue weighted by atomic mass is 9.89. The molecule has 0 unspecified atom stereocenters. The molecule has 0 aliphatic carbocycles. The second-order valence-corrected chi connectivity index (χ2v) is 7.29. The van der Waals surface area contributed by atoms with Gasteiger partial charge in [-0.25, -0.2) is 4.79 Å². The molecule has 4 rings (SSSR count). The fraction of sp³-hybridized carbons (Fsp3) is 0.500. The van der Waals surface area contributed by atoms with Crippen molar-refractivity contribution in [1.29, 1.82) is 0 Å². The third-order valence-corrected chi connectivity index (χ3v) is 5.57. The molecule has 9 heteroatoms. The van der Waals surface area contributed by atoms with Gasteiger partial charge in [0.25, 0.3) is 0 Å². The van der Waals surface area contributed by atoms with Gasteiger partial charge in [-0.3, -0.25) is 4.98 Å². The largest absolute Gasteiger partial charge is 0.432 e. The zero-order chi connectivity index (χ0) is 20.4. The summed E-state index contributed by atoms with van der Waals surface area (Å²) >= 11 is 0. The van der Waals surface area contributed by atoms with E-state index in [1.807, 2.05) is 6.92 Å². The lowest BCUT2D eigenvalue weighted by Gasteiger charge is -2.39. The minimum absolute atomic E-state index is 0.0285. The normalized spacial score (nSPS) is 19.7. The molecule has 3 heterocycles. The highest BCUT2D eigenvalue weighted by atomic mass is 19.3. The van der Waals surface area contributed by atoms with E-state index in [4.69, 9.17) is 9.47 Å². The molecule has 2 saturated heterocycles. The van der Waals surface area contributed by atoms with E-state index in [9.17, 15) is 13.6 Å². The van der Waals surface area contributed by atoms with Crippen LogP contribution in [0.25, 0.3) is 10.9 Å². The predicted molar refractivity (Wildman–Crippen MR) is 102 cm³/mol. The van der Waals surface area contributed by atoms with E-state index in [2.05, 4.69) is 15.0 Å². The van der Waals surface area contributed by atoms with Crippen LogP contribution in [0.5, 0.6) is 5.75 Å². The first kappa shape index (κ1) is 19.8. The van der Waals surface area contributed by atoms with E-state index in [0.29, 0.717) is 37.4 Å². The van der Waals surface area contributed by atoms with E-state index < -0.39 is 12.4 Å². The first-order valence-corrected chi connectivity index (χ1v) is 9.63. The molecule has 0 saturated carbocycles. The minimum atomic E-state index is -2.95. The molecule has 0 atom stereocenters. The van der Waals surface area contributed by atoms with Gasteiger partial charge in [0, 0.05) is 30.6 Å². The van der Waals surface area contributed by atoms with Crippen molar-refractivity contribution in [3.63, 3.8) is 0 Å². The SMILES string of the molecule is CC1(C2CCN(C(=O)Nc3ccc(OC(F)F)c4ncccc34)CC2)OCCO1. The Morgan fingerprint density at radius 1 is 1.28 bits per heavy atom. The van der Waals surface area contributed by atoms with Crippen molar-refractivity contribution in [2.45, 2.75) is 32.2 Å². The number of pyridine rings is 1. The van der Waals surface area contributed by atoms with E-state index in [1.165, 1.54) is 12.3 Å². The van der Waals surface area contributed by atoms with E-state index >= 15 is 0 Å². The molecule has 2 amide bonds. The molecule has 2 aliphatic heterocycles. The third kappa shape index (κ3) is 4.11. The maximum absolute atomic E-state index is 12.8. The molecule has 7 nitrogen and oxygen atoms in total. The number of benzene rings is 1. The van der Waals surface area contributed by atoms with Gasteiger partial charge in [0.05, 0.1) is 18.9 Å². The summed E-state index contributed by atoms with van der Waals surface area (Å²) in [4.78, 5) is 18.6. The summed E-state index contributed by atoms with van der Waals surface area (Å²) in [6, 6.07) is 6.08. The van der Waals surface area contributed by atoms with Crippen LogP contribution in [0.4, 0.5) is 19.3 Å². The van der Waals surface area contributed by atoms with Crippen LogP contribution in [0.2, 0.25) is 0 Å². The number of piperidine rings is 1. The van der Waals surface area contributed by atoms with Gasteiger partial charge < -0.3 is 24.4 Å². The number of rotatable bonds is 4. The number of nitrogens with one attached hydrogen (secondary N) is 1. The van der Waals surface area contributed by atoms with Crippen LogP contribution in [0.15, 0.2) is 30.5 Å². The van der Waals surface area contributed by atoms with E-state index in [-0.39, 0.29) is 23.2 Å². The standard InChI is InChI=1S/C20H23F2N3O4/c1-20(27-11-12-28-20)13-6-9-25(10-7-13)19(26)24-15-4-5-16(29-18(21)22)17-14(15)3-2-8-23-17/h2-5,8,13,18H,6-7,9-12H2,1H3,(H,24,26). The van der Waals surface area contributed by atoms with Gasteiger partial charge in [-0.05, 0) is 44.0 Å². The van der Waals surface area contributed by atoms with Crippen LogP contribution in [0.1, 0.15) is 19.8 Å². The van der Waals surface area contributed by atoms with Crippen LogP contribution in [0, 0.1) is 5.92 Å². The summed E-state index contributed by atoms with van der Waals surface area (Å²) in [5.41, 5.74) is 0.768. The number of urea groups is 1. The highest BCUT2D eigenvalue weighted by molar-refractivity contribution is 6.02. The zero-order valence-corrected chi connectivity index (χ0v) is 16.1. The Morgan fingerprint density at radius 3 is 2.69 bits per heavy atom. The molecule has 2 aliphatic rings. The smallest absolute Gasteiger partial charge is 0.387 e. The Balaban J connectivity index is 1.44. The second-order valence-electron chi connectivity index (χ2n) is 7.29. The number of nitrogens with zero attached hydrogens (tertiary/aromatic N) is 2. The molecule has 1 aromatic heterocycles. The first-order valence-electron chi connectivity index (χ1n) is 9.63. The number of anilines is 1. The zero-order valence-electron chi connectivity index (χ0n) is 16.1. The molecule has 2 aromatic rings. The number of fused-ring (bicyclic) bond motifs is 1. The van der Waals surface area contributed by atoms with Crippen molar-refractivity contribution in [2.75, 3.05) is 31.6 Å². The molecular formula is C20H23F2N3O4. The maximum Gasteiger partial charge on any atom is 0.387 e. The van der Waals surface area contributed by atoms with Crippen molar-refractivity contribution < 1.29 is 27.8 Å². The molecule has 0 spiro atoms. The van der Waals surface area contributed by atoms with Gasteiger partial charge in [0.15, 0.2) is 11.5 Å². The Morgan fingerprint density at radius 2 is 2.00 bits per heavy atom. The summed E-state index contributed by atoms with van der Waals surface area (Å²) in [6.45, 7) is 1.38. The maximum atomic E-state index is 12.8. The van der Waals surface area contributed by atoms with Crippen molar-refractivity contribution in [2.24, 2.45) is 5.92 Å². The van der Waals surface area contributed by atoms with Crippen LogP contribution in [-0.2, 0) is 9.47 Å². The van der Waals surface area contributed by atoms with Crippen LogP contribution >= 0.6 is 0 Å². The fourth-order valence-corrected chi connectivity index (χ4v) is 4.01. The fourth-order valence-electron chi connectivity index (χ4n) is 4.01. The van der Waals surface area contributed by atoms with Crippen molar-refractivity contribution in [3.8, 4) is 5.75 Å². The number of carbonyl (C=O) groups excluding carboxylic acids is 1. The number of hydrogen-bond donors (Lipinski definition) is 1. The highest BCUT2D eigenvalue weighted by Crippen LogP contribution is 2.35. The lowest BCUT2D eigenvalue weighted by Crippen LogP contribution is -2.47. The molecule has 29 heavy (non-hydrogen) atoms. The van der Waals surface area contributed by atoms with Crippen molar-refractivity contribution in [3.05, 3.63) is 30.5 Å². The van der Waals surface area contributed by atoms with Gasteiger partial charge in [-0.15, -0.1) is 0 Å². The number of halogens is 2. The second kappa shape index (κ2) is 8.08. The molecule has 0 radical (unpaired) electrons. The molecule has 1 N–H and O–H groups in total. The summed E-state index contributed by atoms with van der Waals surface area (Å²) in [7, 11) is 0. The number of aromatic nitrogens is 1. The number of hydrogen-bond acceptors (Lipinski definition) is 5. The number of amides is 2. The quantitative estimate of drug-likeness (QED) is 0.834. The van der Waals surface area contributed by atoms with Gasteiger partial charge >= 0.3 is 12.6 Å². The Labute approximate surface area is 166 Å². The van der Waals surface area contributed by atoms with E-state index in [0.717, 1.165) is 12.8 Å². The van der Waals surface area contributed by atoms with Gasteiger partial charge in [0.2, 0.25) is 0 Å². The summed E-state index contributed by atoms with van der Waals surface area (Å²) < 4.78 is 41.3. The van der Waals surface area contributed by atoms with Crippen LogP contribution < -0.4 is 10.1 Å². The molecule has 2 fully saturated rings. The summed E-state index contributed by atoms with van der Waals surface area (Å²) in [5, 5.41) is 3.41. The summed E-state index contributed by atoms with van der Waals surface area (Å²) in [5.74, 6) is -0.352. The number of ether oxygens (including phenoxy) is 3. The number of likely N-dealkylation sites (tertiary alicyclic amines) is 1. The van der Waals surface area contributed by atoms with Gasteiger partial charge in [-0.1, -0.05) is 0 Å². The minimum Gasteiger partial charge on any atom is -0.432 e. The van der Waals surface area contributed by atoms with E-state index in [1.54, 1.807) is 23.1 Å². The molecular weight excluding hydrogens is 384 g/mol. The Bertz CT molecular complexity index is 881. The first-order chi connectivity index (χ1) is 14.0. The average Bonchev–Trinajstić information content (AvgIpc) is 3.17. The van der Waals surface area contributed by atoms with Crippen LogP contribution in [0.3, 0.4) is 0 Å². The molecule has 0 bridgehead atoms. The molecule has 156 valence electrons. The Hall–Kier alpha value is -2.52. The monoisotopic (exact) mass is 407 g/mol.